The molecule has 2 N–H and O–H groups in total. The van der Waals surface area contributed by atoms with E-state index in [0.29, 0.717) is 18.8 Å². The highest BCUT2D eigenvalue weighted by Gasteiger charge is 2.24. The summed E-state index contributed by atoms with van der Waals surface area (Å²) in [6.07, 6.45) is 0. The van der Waals surface area contributed by atoms with Gasteiger partial charge in [-0.1, -0.05) is 6.07 Å². The van der Waals surface area contributed by atoms with E-state index in [1.165, 1.54) is 13.2 Å². The van der Waals surface area contributed by atoms with E-state index >= 15 is 0 Å². The van der Waals surface area contributed by atoms with Crippen molar-refractivity contribution in [3.8, 4) is 5.75 Å². The highest BCUT2D eigenvalue weighted by atomic mass is 32.2. The van der Waals surface area contributed by atoms with E-state index in [1.54, 1.807) is 18.2 Å². The molecule has 1 fully saturated rings. The van der Waals surface area contributed by atoms with Gasteiger partial charge in [-0.05, 0) is 12.1 Å². The number of hydrogen-bond acceptors (Lipinski definition) is 4. The monoisotopic (exact) mass is 242 g/mol. The zero-order chi connectivity index (χ0) is 11.6. The van der Waals surface area contributed by atoms with E-state index < -0.39 is 10.0 Å². The first-order chi connectivity index (χ1) is 7.62. The van der Waals surface area contributed by atoms with Crippen molar-refractivity contribution < 1.29 is 13.2 Å². The Morgan fingerprint density at radius 1 is 1.44 bits per heavy atom. The van der Waals surface area contributed by atoms with Gasteiger partial charge in [0, 0.05) is 25.2 Å². The predicted octanol–water partition coefficient (Wildman–Crippen LogP) is -0.0547. The molecule has 1 heterocycles. The molecular weight excluding hydrogens is 228 g/mol. The van der Waals surface area contributed by atoms with Crippen molar-refractivity contribution in [3.63, 3.8) is 0 Å². The van der Waals surface area contributed by atoms with Crippen molar-refractivity contribution in [2.45, 2.75) is 10.9 Å². The molecule has 0 saturated carbocycles. The fourth-order valence-corrected chi connectivity index (χ4v) is 2.70. The summed E-state index contributed by atoms with van der Waals surface area (Å²) < 4.78 is 31.4. The number of methoxy groups -OCH3 is 1. The number of sulfonamides is 1. The summed E-state index contributed by atoms with van der Waals surface area (Å²) in [5.74, 6) is 0.537. The fourth-order valence-electron chi connectivity index (χ4n) is 1.43. The second-order valence-corrected chi connectivity index (χ2v) is 5.37. The van der Waals surface area contributed by atoms with E-state index in [0.717, 1.165) is 0 Å². The Balaban J connectivity index is 2.20. The third kappa shape index (κ3) is 2.34. The lowest BCUT2D eigenvalue weighted by Crippen LogP contribution is -2.56. The largest absolute Gasteiger partial charge is 0.497 e. The molecule has 88 valence electrons. The lowest BCUT2D eigenvalue weighted by molar-refractivity contribution is 0.408. The number of rotatable bonds is 4. The number of nitrogens with one attached hydrogen (secondary N) is 2. The van der Waals surface area contributed by atoms with E-state index in [1.807, 2.05) is 0 Å². The summed E-state index contributed by atoms with van der Waals surface area (Å²) in [7, 11) is -1.91. The second-order valence-electron chi connectivity index (χ2n) is 3.66. The third-order valence-electron chi connectivity index (χ3n) is 2.45. The van der Waals surface area contributed by atoms with Crippen LogP contribution in [0.1, 0.15) is 0 Å². The highest BCUT2D eigenvalue weighted by Crippen LogP contribution is 2.17. The van der Waals surface area contributed by atoms with Crippen molar-refractivity contribution in [2.75, 3.05) is 20.2 Å². The van der Waals surface area contributed by atoms with E-state index in [4.69, 9.17) is 4.74 Å². The van der Waals surface area contributed by atoms with Crippen LogP contribution in [0.15, 0.2) is 29.2 Å². The van der Waals surface area contributed by atoms with Crippen LogP contribution in [0.25, 0.3) is 0 Å². The third-order valence-corrected chi connectivity index (χ3v) is 3.97. The minimum Gasteiger partial charge on any atom is -0.497 e. The molecule has 0 atom stereocenters. The molecule has 0 unspecified atom stereocenters. The minimum absolute atomic E-state index is 0.00352. The molecular formula is C10H14N2O3S. The number of benzene rings is 1. The SMILES string of the molecule is COc1cccc(S(=O)(=O)NC2CNC2)c1. The fraction of sp³-hybridized carbons (Fsp3) is 0.400. The zero-order valence-electron chi connectivity index (χ0n) is 8.93. The van der Waals surface area contributed by atoms with E-state index in [2.05, 4.69) is 10.0 Å². The summed E-state index contributed by atoms with van der Waals surface area (Å²) in [5, 5.41) is 3.01. The van der Waals surface area contributed by atoms with E-state index in [-0.39, 0.29) is 10.9 Å². The van der Waals surface area contributed by atoms with Crippen LogP contribution in [0.5, 0.6) is 5.75 Å². The standard InChI is InChI=1S/C10H14N2O3S/c1-15-9-3-2-4-10(5-9)16(13,14)12-8-6-11-7-8/h2-5,8,11-12H,6-7H2,1H3. The van der Waals surface area contributed by atoms with E-state index in [9.17, 15) is 8.42 Å². The molecule has 1 saturated heterocycles. The maximum Gasteiger partial charge on any atom is 0.241 e. The van der Waals surface area contributed by atoms with Crippen LogP contribution in [-0.2, 0) is 10.0 Å². The average Bonchev–Trinajstić information content (AvgIpc) is 2.24. The molecule has 1 aliphatic heterocycles. The number of hydrogen-bond donors (Lipinski definition) is 2. The second kappa shape index (κ2) is 4.40. The summed E-state index contributed by atoms with van der Waals surface area (Å²) in [6, 6.07) is 6.43. The molecule has 0 aliphatic carbocycles. The minimum atomic E-state index is -3.42. The molecule has 6 heteroatoms. The van der Waals surface area contributed by atoms with Gasteiger partial charge in [0.1, 0.15) is 5.75 Å². The van der Waals surface area contributed by atoms with Gasteiger partial charge >= 0.3 is 0 Å². The van der Waals surface area contributed by atoms with Crippen LogP contribution in [-0.4, -0.2) is 34.7 Å². The summed E-state index contributed by atoms with van der Waals surface area (Å²) in [5.41, 5.74) is 0. The Hall–Kier alpha value is -1.11. The van der Waals surface area contributed by atoms with Crippen molar-refractivity contribution in [2.24, 2.45) is 0 Å². The normalized spacial score (nSPS) is 16.8. The Morgan fingerprint density at radius 2 is 2.19 bits per heavy atom. The maximum atomic E-state index is 11.9. The first-order valence-electron chi connectivity index (χ1n) is 4.99. The molecule has 1 aromatic carbocycles. The smallest absolute Gasteiger partial charge is 0.241 e. The molecule has 0 spiro atoms. The Labute approximate surface area is 94.9 Å². The molecule has 16 heavy (non-hydrogen) atoms. The van der Waals surface area contributed by atoms with Gasteiger partial charge in [0.25, 0.3) is 0 Å². The molecule has 0 bridgehead atoms. The van der Waals surface area contributed by atoms with Crippen molar-refractivity contribution in [3.05, 3.63) is 24.3 Å². The van der Waals surface area contributed by atoms with Crippen molar-refractivity contribution in [1.82, 2.24) is 10.0 Å². The van der Waals surface area contributed by atoms with Gasteiger partial charge in [-0.15, -0.1) is 0 Å². The van der Waals surface area contributed by atoms with Gasteiger partial charge in [-0.3, -0.25) is 0 Å². The first-order valence-corrected chi connectivity index (χ1v) is 6.47. The summed E-state index contributed by atoms with van der Waals surface area (Å²) >= 11 is 0. The average molecular weight is 242 g/mol. The van der Waals surface area contributed by atoms with Crippen LogP contribution in [0, 0.1) is 0 Å². The zero-order valence-corrected chi connectivity index (χ0v) is 9.75. The Bertz CT molecular complexity index is 469. The molecule has 2 rings (SSSR count). The maximum absolute atomic E-state index is 11.9. The van der Waals surface area contributed by atoms with Crippen molar-refractivity contribution >= 4 is 10.0 Å². The van der Waals surface area contributed by atoms with Crippen molar-refractivity contribution in [1.29, 1.82) is 0 Å². The van der Waals surface area contributed by atoms with Gasteiger partial charge in [0.15, 0.2) is 0 Å². The molecule has 0 radical (unpaired) electrons. The van der Waals surface area contributed by atoms with Gasteiger partial charge in [-0.25, -0.2) is 13.1 Å². The Kier molecular flexibility index (Phi) is 3.13. The highest BCUT2D eigenvalue weighted by molar-refractivity contribution is 7.89. The summed E-state index contributed by atoms with van der Waals surface area (Å²) in [6.45, 7) is 1.37. The van der Waals surface area contributed by atoms with Crippen LogP contribution in [0.2, 0.25) is 0 Å². The lowest BCUT2D eigenvalue weighted by Gasteiger charge is -2.27. The molecule has 0 amide bonds. The number of ether oxygens (including phenoxy) is 1. The molecule has 1 aliphatic rings. The Morgan fingerprint density at radius 3 is 2.75 bits per heavy atom. The molecule has 5 nitrogen and oxygen atoms in total. The topological polar surface area (TPSA) is 67.4 Å². The van der Waals surface area contributed by atoms with Gasteiger partial charge < -0.3 is 10.1 Å². The van der Waals surface area contributed by atoms with Gasteiger partial charge in [-0.2, -0.15) is 0 Å². The van der Waals surface area contributed by atoms with Gasteiger partial charge in [0.05, 0.1) is 12.0 Å². The summed E-state index contributed by atoms with van der Waals surface area (Å²) in [4.78, 5) is 0.235. The molecule has 0 aromatic heterocycles. The quantitative estimate of drug-likeness (QED) is 0.776. The lowest BCUT2D eigenvalue weighted by atomic mass is 10.2. The predicted molar refractivity (Wildman–Crippen MR) is 60.0 cm³/mol. The van der Waals surface area contributed by atoms with Crippen LogP contribution < -0.4 is 14.8 Å². The first kappa shape index (κ1) is 11.4. The molecule has 1 aromatic rings. The van der Waals surface area contributed by atoms with Crippen LogP contribution >= 0.6 is 0 Å². The van der Waals surface area contributed by atoms with Crippen LogP contribution in [0.3, 0.4) is 0 Å². The van der Waals surface area contributed by atoms with Crippen LogP contribution in [0.4, 0.5) is 0 Å². The van der Waals surface area contributed by atoms with Gasteiger partial charge in [0.2, 0.25) is 10.0 Å².